The molecule has 4 nitrogen and oxygen atoms in total. The lowest BCUT2D eigenvalue weighted by molar-refractivity contribution is -0.145. The molecule has 4 heteroatoms. The van der Waals surface area contributed by atoms with Crippen molar-refractivity contribution in [2.45, 2.75) is 5.92 Å². The van der Waals surface area contributed by atoms with Crippen LogP contribution in [-0.2, 0) is 9.53 Å². The van der Waals surface area contributed by atoms with E-state index in [2.05, 4.69) is 4.90 Å². The molecule has 1 fully saturated rings. The lowest BCUT2D eigenvalue weighted by Crippen LogP contribution is -2.23. The van der Waals surface area contributed by atoms with Crippen LogP contribution in [-0.4, -0.2) is 38.1 Å². The maximum atomic E-state index is 11.6. The number of hydrogen-bond acceptors (Lipinski definition) is 4. The Morgan fingerprint density at radius 2 is 2.40 bits per heavy atom. The van der Waals surface area contributed by atoms with Gasteiger partial charge in [0, 0.05) is 19.0 Å². The molecule has 0 aliphatic carbocycles. The fourth-order valence-electron chi connectivity index (χ4n) is 2.18. The fourth-order valence-corrected chi connectivity index (χ4v) is 2.18. The van der Waals surface area contributed by atoms with Crippen molar-refractivity contribution in [3.05, 3.63) is 24.2 Å². The van der Waals surface area contributed by atoms with E-state index in [1.165, 1.54) is 7.11 Å². The number of carbonyl (C=O) groups excluding carboxylic acids is 1. The number of esters is 1. The van der Waals surface area contributed by atoms with Crippen molar-refractivity contribution in [1.82, 2.24) is 4.90 Å². The standard InChI is InChI=1S/C11H15NO3/c1-12-6-8(10-4-3-5-15-10)9(7-12)11(13)14-2/h3-5,8-9H,6-7H2,1-2H3/t8-,9-/m1/s1. The summed E-state index contributed by atoms with van der Waals surface area (Å²) in [5.74, 6) is 0.735. The summed E-state index contributed by atoms with van der Waals surface area (Å²) in [6.45, 7) is 1.57. The first-order chi connectivity index (χ1) is 7.22. The average Bonchev–Trinajstić information content (AvgIpc) is 2.84. The van der Waals surface area contributed by atoms with E-state index in [1.54, 1.807) is 6.26 Å². The van der Waals surface area contributed by atoms with Gasteiger partial charge in [-0.2, -0.15) is 0 Å². The Morgan fingerprint density at radius 3 is 3.00 bits per heavy atom. The van der Waals surface area contributed by atoms with E-state index in [4.69, 9.17) is 9.15 Å². The maximum Gasteiger partial charge on any atom is 0.310 e. The van der Waals surface area contributed by atoms with Gasteiger partial charge in [0.05, 0.1) is 19.3 Å². The first-order valence-electron chi connectivity index (χ1n) is 5.02. The largest absolute Gasteiger partial charge is 0.469 e. The quantitative estimate of drug-likeness (QED) is 0.684. The monoisotopic (exact) mass is 209 g/mol. The van der Waals surface area contributed by atoms with Crippen molar-refractivity contribution >= 4 is 5.97 Å². The third-order valence-corrected chi connectivity index (χ3v) is 2.92. The van der Waals surface area contributed by atoms with E-state index in [9.17, 15) is 4.79 Å². The first kappa shape index (κ1) is 10.2. The molecule has 0 amide bonds. The first-order valence-corrected chi connectivity index (χ1v) is 5.02. The zero-order valence-corrected chi connectivity index (χ0v) is 8.97. The van der Waals surface area contributed by atoms with Crippen LogP contribution < -0.4 is 0 Å². The molecule has 2 heterocycles. The molecule has 0 spiro atoms. The van der Waals surface area contributed by atoms with E-state index in [-0.39, 0.29) is 17.8 Å². The molecule has 0 saturated carbocycles. The Hall–Kier alpha value is -1.29. The zero-order valence-electron chi connectivity index (χ0n) is 8.97. The molecular weight excluding hydrogens is 194 g/mol. The number of nitrogens with zero attached hydrogens (tertiary/aromatic N) is 1. The molecule has 0 radical (unpaired) electrons. The lowest BCUT2D eigenvalue weighted by Gasteiger charge is -2.13. The van der Waals surface area contributed by atoms with Gasteiger partial charge in [0.25, 0.3) is 0 Å². The summed E-state index contributed by atoms with van der Waals surface area (Å²) in [4.78, 5) is 13.7. The second-order valence-corrected chi connectivity index (χ2v) is 3.97. The minimum absolute atomic E-state index is 0.105. The molecule has 2 rings (SSSR count). The molecule has 1 saturated heterocycles. The number of hydrogen-bond donors (Lipinski definition) is 0. The molecular formula is C11H15NO3. The molecule has 0 unspecified atom stereocenters. The molecule has 2 atom stereocenters. The van der Waals surface area contributed by atoms with Crippen LogP contribution in [0.1, 0.15) is 11.7 Å². The molecule has 0 aromatic carbocycles. The summed E-state index contributed by atoms with van der Waals surface area (Å²) in [7, 11) is 3.43. The maximum absolute atomic E-state index is 11.6. The highest BCUT2D eigenvalue weighted by molar-refractivity contribution is 5.74. The van der Waals surface area contributed by atoms with Gasteiger partial charge in [-0.05, 0) is 19.2 Å². The minimum atomic E-state index is -0.152. The van der Waals surface area contributed by atoms with E-state index in [0.29, 0.717) is 0 Å². The molecule has 1 aliphatic rings. The molecule has 82 valence electrons. The second kappa shape index (κ2) is 4.06. The number of rotatable bonds is 2. The number of likely N-dealkylation sites (N-methyl/N-ethyl adjacent to an activating group) is 1. The van der Waals surface area contributed by atoms with Crippen molar-refractivity contribution in [3.8, 4) is 0 Å². The van der Waals surface area contributed by atoms with Crippen molar-refractivity contribution in [1.29, 1.82) is 0 Å². The molecule has 1 aromatic rings. The van der Waals surface area contributed by atoms with Crippen molar-refractivity contribution in [2.75, 3.05) is 27.2 Å². The number of carbonyl (C=O) groups is 1. The van der Waals surface area contributed by atoms with Gasteiger partial charge in [0.2, 0.25) is 0 Å². The highest BCUT2D eigenvalue weighted by atomic mass is 16.5. The van der Waals surface area contributed by atoms with Gasteiger partial charge in [-0.3, -0.25) is 4.79 Å². The number of ether oxygens (including phenoxy) is 1. The molecule has 1 aromatic heterocycles. The Labute approximate surface area is 88.8 Å². The summed E-state index contributed by atoms with van der Waals surface area (Å²) >= 11 is 0. The van der Waals surface area contributed by atoms with Crippen LogP contribution in [0.2, 0.25) is 0 Å². The Kier molecular flexibility index (Phi) is 2.77. The summed E-state index contributed by atoms with van der Waals surface area (Å²) in [6, 6.07) is 3.77. The van der Waals surface area contributed by atoms with Gasteiger partial charge in [0.15, 0.2) is 0 Å². The van der Waals surface area contributed by atoms with Crippen LogP contribution in [0.3, 0.4) is 0 Å². The second-order valence-electron chi connectivity index (χ2n) is 3.97. The van der Waals surface area contributed by atoms with Crippen LogP contribution in [0.15, 0.2) is 22.8 Å². The van der Waals surface area contributed by atoms with Crippen LogP contribution in [0.5, 0.6) is 0 Å². The highest BCUT2D eigenvalue weighted by Gasteiger charge is 2.39. The molecule has 15 heavy (non-hydrogen) atoms. The van der Waals surface area contributed by atoms with Crippen molar-refractivity contribution in [2.24, 2.45) is 5.92 Å². The van der Waals surface area contributed by atoms with Crippen LogP contribution >= 0.6 is 0 Å². The van der Waals surface area contributed by atoms with Gasteiger partial charge in [-0.1, -0.05) is 0 Å². The Balaban J connectivity index is 2.19. The molecule has 0 bridgehead atoms. The summed E-state index contributed by atoms with van der Waals surface area (Å²) in [5, 5.41) is 0. The van der Waals surface area contributed by atoms with Gasteiger partial charge in [-0.25, -0.2) is 0 Å². The fraction of sp³-hybridized carbons (Fsp3) is 0.545. The average molecular weight is 209 g/mol. The van der Waals surface area contributed by atoms with E-state index < -0.39 is 0 Å². The summed E-state index contributed by atoms with van der Waals surface area (Å²) in [6.07, 6.45) is 1.64. The number of furan rings is 1. The van der Waals surface area contributed by atoms with Gasteiger partial charge in [-0.15, -0.1) is 0 Å². The molecule has 0 N–H and O–H groups in total. The summed E-state index contributed by atoms with van der Waals surface area (Å²) in [5.41, 5.74) is 0. The van der Waals surface area contributed by atoms with Gasteiger partial charge >= 0.3 is 5.97 Å². The smallest absolute Gasteiger partial charge is 0.310 e. The number of methoxy groups -OCH3 is 1. The Morgan fingerprint density at radius 1 is 1.60 bits per heavy atom. The minimum Gasteiger partial charge on any atom is -0.469 e. The van der Waals surface area contributed by atoms with Gasteiger partial charge in [0.1, 0.15) is 5.76 Å². The van der Waals surface area contributed by atoms with E-state index in [1.807, 2.05) is 19.2 Å². The predicted octanol–water partition coefficient (Wildman–Crippen LogP) is 1.10. The van der Waals surface area contributed by atoms with E-state index in [0.717, 1.165) is 18.8 Å². The van der Waals surface area contributed by atoms with Gasteiger partial charge < -0.3 is 14.1 Å². The topological polar surface area (TPSA) is 42.7 Å². The van der Waals surface area contributed by atoms with E-state index >= 15 is 0 Å². The van der Waals surface area contributed by atoms with Crippen molar-refractivity contribution < 1.29 is 13.9 Å². The lowest BCUT2D eigenvalue weighted by atomic mass is 9.94. The predicted molar refractivity (Wildman–Crippen MR) is 54.5 cm³/mol. The highest BCUT2D eigenvalue weighted by Crippen LogP contribution is 2.32. The third kappa shape index (κ3) is 1.90. The SMILES string of the molecule is COC(=O)[C@@H]1CN(C)C[C@H]1c1ccco1. The van der Waals surface area contributed by atoms with Crippen molar-refractivity contribution in [3.63, 3.8) is 0 Å². The van der Waals surface area contributed by atoms with Crippen LogP contribution in [0.4, 0.5) is 0 Å². The Bertz CT molecular complexity index is 334. The normalized spacial score (nSPS) is 26.8. The summed E-state index contributed by atoms with van der Waals surface area (Å²) < 4.78 is 10.2. The number of likely N-dealkylation sites (tertiary alicyclic amines) is 1. The molecule has 1 aliphatic heterocycles. The zero-order chi connectivity index (χ0) is 10.8. The van der Waals surface area contributed by atoms with Crippen LogP contribution in [0.25, 0.3) is 0 Å². The van der Waals surface area contributed by atoms with Crippen LogP contribution in [0, 0.1) is 5.92 Å². The third-order valence-electron chi connectivity index (χ3n) is 2.92.